The van der Waals surface area contributed by atoms with Gasteiger partial charge in [0.15, 0.2) is 31.3 Å². The third-order valence-electron chi connectivity index (χ3n) is 5.71. The number of carboxylic acid groups (broad SMARTS) is 1. The molecule has 0 radical (unpaired) electrons. The third kappa shape index (κ3) is 4.78. The van der Waals surface area contributed by atoms with Crippen molar-refractivity contribution in [3.8, 4) is 0 Å². The molecular weight excluding hydrogens is 538 g/mol. The topological polar surface area (TPSA) is 210 Å². The number of nitrogens with one attached hydrogen (secondary N) is 1. The van der Waals surface area contributed by atoms with Gasteiger partial charge < -0.3 is 36.0 Å². The number of primary amides is 1. The number of hydrogen-bond acceptors (Lipinski definition) is 12. The summed E-state index contributed by atoms with van der Waals surface area (Å²) in [4.78, 5) is 55.0. The van der Waals surface area contributed by atoms with Crippen LogP contribution in [0.2, 0.25) is 0 Å². The number of thioether (sulfide) groups is 1. The Labute approximate surface area is 221 Å². The molecule has 1 saturated heterocycles. The molecule has 196 valence electrons. The van der Waals surface area contributed by atoms with Crippen LogP contribution in [0, 0.1) is 0 Å². The summed E-state index contributed by atoms with van der Waals surface area (Å²) in [5.74, 6) is -3.66. The number of nitrogen functional groups attached to an aromatic ring is 1. The van der Waals surface area contributed by atoms with E-state index in [0.717, 1.165) is 15.0 Å². The summed E-state index contributed by atoms with van der Waals surface area (Å²) in [6.07, 6.45) is 3.75. The lowest BCUT2D eigenvalue weighted by Gasteiger charge is -2.50. The summed E-state index contributed by atoms with van der Waals surface area (Å²) < 4.78 is 7.64. The lowest BCUT2D eigenvalue weighted by Crippen LogP contribution is -2.71. The minimum absolute atomic E-state index is 0.110. The number of aliphatic carboxylic acids is 1. The van der Waals surface area contributed by atoms with Crippen LogP contribution in [0.4, 0.5) is 5.88 Å². The monoisotopic (exact) mass is 557 g/mol. The summed E-state index contributed by atoms with van der Waals surface area (Å²) in [5, 5.41) is 24.1. The van der Waals surface area contributed by atoms with E-state index in [1.165, 1.54) is 17.8 Å². The molecule has 0 bridgehead atoms. The van der Waals surface area contributed by atoms with Crippen molar-refractivity contribution in [1.82, 2.24) is 15.4 Å². The van der Waals surface area contributed by atoms with Gasteiger partial charge in [-0.05, 0) is 11.4 Å². The van der Waals surface area contributed by atoms with E-state index >= 15 is 0 Å². The Morgan fingerprint density at radius 3 is 2.89 bits per heavy atom. The molecule has 14 nitrogen and oxygen atoms in total. The number of aromatic nitrogens is 2. The van der Waals surface area contributed by atoms with Crippen molar-refractivity contribution in [3.05, 3.63) is 52.9 Å². The van der Waals surface area contributed by atoms with E-state index in [2.05, 4.69) is 15.6 Å². The van der Waals surface area contributed by atoms with Gasteiger partial charge in [-0.3, -0.25) is 19.3 Å². The summed E-state index contributed by atoms with van der Waals surface area (Å²) in [6.45, 7) is -0.363. The molecule has 2 atom stereocenters. The zero-order chi connectivity index (χ0) is 27.0. The second-order valence-electron chi connectivity index (χ2n) is 8.25. The fraction of sp³-hybridized carbons (Fsp3) is 0.227. The molecular formula is C22H19N7O7S2. The van der Waals surface area contributed by atoms with Crippen LogP contribution in [0.5, 0.6) is 0 Å². The van der Waals surface area contributed by atoms with E-state index in [0.29, 0.717) is 11.3 Å². The summed E-state index contributed by atoms with van der Waals surface area (Å²) in [7, 11) is 0. The molecule has 3 aromatic heterocycles. The number of anilines is 1. The zero-order valence-electron chi connectivity index (χ0n) is 19.4. The number of β-lactam (4-membered cyclic amide) rings is 1. The SMILES string of the molecule is NC(=O)CON=C(C(=O)NC1C(=O)N2C(C(=O)[O-])=C(C[n+]3ccc4ccsc4c3)CS[C@@H]12)c1cc(N)on1. The highest BCUT2D eigenvalue weighted by molar-refractivity contribution is 8.00. The van der Waals surface area contributed by atoms with Gasteiger partial charge in [0.1, 0.15) is 17.1 Å². The minimum Gasteiger partial charge on any atom is -0.543 e. The number of oxime groups is 1. The number of rotatable bonds is 9. The van der Waals surface area contributed by atoms with E-state index < -0.39 is 47.4 Å². The summed E-state index contributed by atoms with van der Waals surface area (Å²) in [5.41, 5.74) is 10.3. The predicted octanol–water partition coefficient (Wildman–Crippen LogP) is -1.93. The normalized spacial score (nSPS) is 19.2. The smallest absolute Gasteiger partial charge is 0.276 e. The van der Waals surface area contributed by atoms with Crippen molar-refractivity contribution in [1.29, 1.82) is 0 Å². The quantitative estimate of drug-likeness (QED) is 0.115. The molecule has 3 aromatic rings. The largest absolute Gasteiger partial charge is 0.543 e. The highest BCUT2D eigenvalue weighted by Crippen LogP contribution is 2.40. The van der Waals surface area contributed by atoms with Crippen molar-refractivity contribution in [2.45, 2.75) is 18.0 Å². The number of pyridine rings is 1. The number of carboxylic acids is 1. The number of amides is 3. The standard InChI is InChI=1S/C22H19N7O7S2/c23-14(30)8-35-27-16(12-5-15(24)36-26-12)19(31)25-17-20(32)29-18(22(33)34)11(9-38-21(17)29)6-28-3-1-10-2-4-37-13(10)7-28/h1-5,7,17,21H,6,8-9H2,(H5-,23,24,25,26,30,31,33,34)/t17?,21-/m0/s1. The summed E-state index contributed by atoms with van der Waals surface area (Å²) in [6, 6.07) is 4.05. The van der Waals surface area contributed by atoms with Gasteiger partial charge in [-0.1, -0.05) is 10.3 Å². The average molecular weight is 558 g/mol. The second kappa shape index (κ2) is 10.1. The van der Waals surface area contributed by atoms with E-state index in [-0.39, 0.29) is 23.8 Å². The molecule has 5 heterocycles. The van der Waals surface area contributed by atoms with Crippen LogP contribution in [-0.2, 0) is 30.6 Å². The first-order valence-electron chi connectivity index (χ1n) is 11.0. The predicted molar refractivity (Wildman–Crippen MR) is 132 cm³/mol. The maximum atomic E-state index is 13.0. The van der Waals surface area contributed by atoms with Crippen molar-refractivity contribution >= 4 is 68.5 Å². The Morgan fingerprint density at radius 1 is 1.37 bits per heavy atom. The fourth-order valence-corrected chi connectivity index (χ4v) is 6.20. The molecule has 0 aliphatic carbocycles. The number of nitrogens with zero attached hydrogens (tertiary/aromatic N) is 4. The number of carbonyl (C=O) groups is 4. The van der Waals surface area contributed by atoms with Crippen LogP contribution < -0.4 is 26.5 Å². The number of nitrogens with two attached hydrogens (primary N) is 2. The molecule has 0 aromatic carbocycles. The van der Waals surface area contributed by atoms with E-state index in [4.69, 9.17) is 20.8 Å². The fourth-order valence-electron chi connectivity index (χ4n) is 4.03. The highest BCUT2D eigenvalue weighted by Gasteiger charge is 2.53. The van der Waals surface area contributed by atoms with Crippen molar-refractivity contribution in [2.75, 3.05) is 18.1 Å². The van der Waals surface area contributed by atoms with Crippen LogP contribution in [0.1, 0.15) is 5.69 Å². The maximum absolute atomic E-state index is 13.0. The van der Waals surface area contributed by atoms with Crippen LogP contribution in [-0.4, -0.2) is 63.2 Å². The molecule has 1 unspecified atom stereocenters. The van der Waals surface area contributed by atoms with Crippen molar-refractivity contribution in [3.63, 3.8) is 0 Å². The minimum atomic E-state index is -1.48. The first-order valence-corrected chi connectivity index (χ1v) is 12.9. The molecule has 0 saturated carbocycles. The van der Waals surface area contributed by atoms with Gasteiger partial charge in [0.05, 0.1) is 16.4 Å². The van der Waals surface area contributed by atoms with Crippen molar-refractivity contribution < 1.29 is 38.2 Å². The lowest BCUT2D eigenvalue weighted by atomic mass is 10.0. The average Bonchev–Trinajstić information content (AvgIpc) is 3.52. The van der Waals surface area contributed by atoms with Gasteiger partial charge >= 0.3 is 0 Å². The number of carbonyl (C=O) groups excluding carboxylic acids is 4. The first kappa shape index (κ1) is 25.2. The Hall–Kier alpha value is -4.44. The van der Waals surface area contributed by atoms with Gasteiger partial charge in [-0.2, -0.15) is 4.57 Å². The van der Waals surface area contributed by atoms with Crippen molar-refractivity contribution in [2.24, 2.45) is 10.9 Å². The number of thiophene rings is 1. The molecule has 16 heteroatoms. The highest BCUT2D eigenvalue weighted by atomic mass is 32.2. The molecule has 0 spiro atoms. The Kier molecular flexibility index (Phi) is 6.73. The Morgan fingerprint density at radius 2 is 2.18 bits per heavy atom. The van der Waals surface area contributed by atoms with E-state index in [1.54, 1.807) is 11.3 Å². The Bertz CT molecular complexity index is 1530. The van der Waals surface area contributed by atoms with Crippen LogP contribution in [0.3, 0.4) is 0 Å². The molecule has 2 aliphatic heterocycles. The van der Waals surface area contributed by atoms with Crippen LogP contribution >= 0.6 is 23.1 Å². The van der Waals surface area contributed by atoms with E-state index in [9.17, 15) is 24.3 Å². The first-order chi connectivity index (χ1) is 18.2. The van der Waals surface area contributed by atoms with Gasteiger partial charge in [0, 0.05) is 28.8 Å². The van der Waals surface area contributed by atoms with Gasteiger partial charge in [-0.25, -0.2) is 0 Å². The molecule has 2 aliphatic rings. The zero-order valence-corrected chi connectivity index (χ0v) is 21.0. The maximum Gasteiger partial charge on any atom is 0.276 e. The van der Waals surface area contributed by atoms with Crippen LogP contribution in [0.15, 0.2) is 56.9 Å². The molecule has 5 rings (SSSR count). The molecule has 1 fully saturated rings. The molecule has 3 amide bonds. The molecule has 38 heavy (non-hydrogen) atoms. The second-order valence-corrected chi connectivity index (χ2v) is 10.3. The van der Waals surface area contributed by atoms with Crippen LogP contribution in [0.25, 0.3) is 10.1 Å². The van der Waals surface area contributed by atoms with Gasteiger partial charge in [0.2, 0.25) is 5.88 Å². The summed E-state index contributed by atoms with van der Waals surface area (Å²) >= 11 is 2.86. The third-order valence-corrected chi connectivity index (χ3v) is 7.91. The molecule has 5 N–H and O–H groups in total. The lowest BCUT2D eigenvalue weighted by molar-refractivity contribution is -0.687. The van der Waals surface area contributed by atoms with Gasteiger partial charge in [-0.15, -0.1) is 23.1 Å². The van der Waals surface area contributed by atoms with E-state index in [1.807, 2.05) is 34.5 Å². The number of hydrogen-bond donors (Lipinski definition) is 3. The Balaban J connectivity index is 1.34. The number of fused-ring (bicyclic) bond motifs is 2. The van der Waals surface area contributed by atoms with Gasteiger partial charge in [0.25, 0.3) is 17.7 Å².